The summed E-state index contributed by atoms with van der Waals surface area (Å²) >= 11 is 0. The molecule has 0 aliphatic heterocycles. The number of fused-ring (bicyclic) bond motifs is 4. The Kier molecular flexibility index (Phi) is 5.85. The molecule has 2 atom stereocenters. The first-order valence-electron chi connectivity index (χ1n) is 12.3. The van der Waals surface area contributed by atoms with Gasteiger partial charge in [0.05, 0.1) is 12.4 Å². The predicted molar refractivity (Wildman–Crippen MR) is 137 cm³/mol. The fourth-order valence-corrected chi connectivity index (χ4v) is 5.12. The number of hydrogen-bond acceptors (Lipinski definition) is 6. The number of nitrogens with one attached hydrogen (secondary N) is 2. The molecule has 36 heavy (non-hydrogen) atoms. The number of aromatic nitrogens is 6. The summed E-state index contributed by atoms with van der Waals surface area (Å²) in [5.74, 6) is 0.776. The number of pyridine rings is 1. The first-order chi connectivity index (χ1) is 17.6. The number of nitrogens with zero attached hydrogens (tertiary/aromatic N) is 5. The molecule has 0 fully saturated rings. The van der Waals surface area contributed by atoms with Crippen LogP contribution >= 0.6 is 0 Å². The van der Waals surface area contributed by atoms with Crippen LogP contribution in [0.25, 0.3) is 27.9 Å². The van der Waals surface area contributed by atoms with Crippen LogP contribution in [0.15, 0.2) is 48.9 Å². The van der Waals surface area contributed by atoms with Crippen molar-refractivity contribution in [1.29, 1.82) is 0 Å². The monoisotopic (exact) mass is 485 g/mol. The summed E-state index contributed by atoms with van der Waals surface area (Å²) in [4.78, 5) is 17.2. The van der Waals surface area contributed by atoms with Gasteiger partial charge in [0.25, 0.3) is 0 Å². The number of H-pyrrole nitrogens is 1. The molecule has 8 nitrogen and oxygen atoms in total. The van der Waals surface area contributed by atoms with Gasteiger partial charge in [0.2, 0.25) is 5.95 Å². The number of rotatable bonds is 7. The average Bonchev–Trinajstić information content (AvgIpc) is 3.49. The summed E-state index contributed by atoms with van der Waals surface area (Å²) in [6.45, 7) is 2.78. The zero-order chi connectivity index (χ0) is 24.6. The molecular formula is C27H28FN7O. The normalized spacial score (nSPS) is 16.4. The number of aryl methyl sites for hydroxylation is 1. The van der Waals surface area contributed by atoms with E-state index in [4.69, 9.17) is 14.7 Å². The van der Waals surface area contributed by atoms with Gasteiger partial charge in [-0.15, -0.1) is 0 Å². The van der Waals surface area contributed by atoms with Gasteiger partial charge >= 0.3 is 0 Å². The molecule has 0 amide bonds. The highest BCUT2D eigenvalue weighted by Gasteiger charge is 2.25. The number of aromatic amines is 1. The standard InChI is InChI=1S/C27H28FN7O/c1-16(9-10-36-2)22-15-30-35-26(22)33-25(17-11-18(28)14-29-13-17)34-27(35)31-19-7-8-24-21(12-19)20-5-3-4-6-23(20)32-24/h3-6,11,13-16,19,32H,7-10,12H2,1-2H3,(H,31,33,34)/t16-,19-/m1/s1. The lowest BCUT2D eigenvalue weighted by atomic mass is 9.91. The van der Waals surface area contributed by atoms with Crippen LogP contribution in [0.3, 0.4) is 0 Å². The van der Waals surface area contributed by atoms with Crippen molar-refractivity contribution in [2.24, 2.45) is 0 Å². The average molecular weight is 486 g/mol. The molecule has 0 radical (unpaired) electrons. The minimum atomic E-state index is -0.424. The van der Waals surface area contributed by atoms with Gasteiger partial charge < -0.3 is 15.0 Å². The summed E-state index contributed by atoms with van der Waals surface area (Å²) in [6, 6.07) is 10.0. The molecule has 1 aromatic carbocycles. The fraction of sp³-hybridized carbons (Fsp3) is 0.333. The molecule has 4 aromatic heterocycles. The number of anilines is 1. The van der Waals surface area contributed by atoms with Crippen molar-refractivity contribution in [3.8, 4) is 11.4 Å². The largest absolute Gasteiger partial charge is 0.385 e. The number of methoxy groups -OCH3 is 1. The summed E-state index contributed by atoms with van der Waals surface area (Å²) in [7, 11) is 1.70. The van der Waals surface area contributed by atoms with E-state index in [-0.39, 0.29) is 12.0 Å². The molecule has 0 bridgehead atoms. The van der Waals surface area contributed by atoms with Gasteiger partial charge in [0.1, 0.15) is 5.82 Å². The van der Waals surface area contributed by atoms with Crippen molar-refractivity contribution in [1.82, 2.24) is 29.5 Å². The third-order valence-corrected chi connectivity index (χ3v) is 7.07. The first-order valence-corrected chi connectivity index (χ1v) is 12.3. The lowest BCUT2D eigenvalue weighted by Gasteiger charge is -2.24. The molecule has 0 saturated heterocycles. The molecule has 1 aliphatic carbocycles. The van der Waals surface area contributed by atoms with Crippen LogP contribution in [0.4, 0.5) is 10.3 Å². The Morgan fingerprint density at radius 2 is 2.11 bits per heavy atom. The van der Waals surface area contributed by atoms with Crippen LogP contribution in [-0.2, 0) is 17.6 Å². The Labute approximate surface area is 208 Å². The first kappa shape index (κ1) is 22.6. The summed E-state index contributed by atoms with van der Waals surface area (Å²) in [6.07, 6.45) is 8.24. The Bertz CT molecular complexity index is 1540. The zero-order valence-corrected chi connectivity index (χ0v) is 20.3. The van der Waals surface area contributed by atoms with Crippen molar-refractivity contribution in [2.45, 2.75) is 44.6 Å². The van der Waals surface area contributed by atoms with Crippen molar-refractivity contribution in [3.63, 3.8) is 0 Å². The Balaban J connectivity index is 1.39. The molecule has 6 rings (SSSR count). The van der Waals surface area contributed by atoms with E-state index < -0.39 is 5.82 Å². The van der Waals surface area contributed by atoms with E-state index in [1.807, 2.05) is 6.20 Å². The van der Waals surface area contributed by atoms with Crippen LogP contribution in [0.1, 0.15) is 42.5 Å². The molecule has 4 heterocycles. The van der Waals surface area contributed by atoms with Gasteiger partial charge in [-0.3, -0.25) is 4.98 Å². The molecule has 2 N–H and O–H groups in total. The third-order valence-electron chi connectivity index (χ3n) is 7.07. The van der Waals surface area contributed by atoms with Gasteiger partial charge in [0, 0.05) is 53.7 Å². The number of halogens is 1. The quantitative estimate of drug-likeness (QED) is 0.340. The van der Waals surface area contributed by atoms with Crippen molar-refractivity contribution in [3.05, 3.63) is 71.6 Å². The maximum atomic E-state index is 14.0. The van der Waals surface area contributed by atoms with Crippen LogP contribution in [0.5, 0.6) is 0 Å². The molecular weight excluding hydrogens is 457 g/mol. The van der Waals surface area contributed by atoms with E-state index in [1.165, 1.54) is 34.4 Å². The third kappa shape index (κ3) is 4.09. The van der Waals surface area contributed by atoms with Crippen LogP contribution in [0.2, 0.25) is 0 Å². The van der Waals surface area contributed by atoms with E-state index in [2.05, 4.69) is 51.6 Å². The topological polar surface area (TPSA) is 93.0 Å². The minimum Gasteiger partial charge on any atom is -0.385 e. The summed E-state index contributed by atoms with van der Waals surface area (Å²) in [5.41, 5.74) is 6.07. The second kappa shape index (κ2) is 9.31. The van der Waals surface area contributed by atoms with Crippen LogP contribution in [0, 0.1) is 5.82 Å². The van der Waals surface area contributed by atoms with Gasteiger partial charge in [-0.1, -0.05) is 25.1 Å². The SMILES string of the molecule is COCC[C@@H](C)c1cnn2c(N[C@@H]3CCc4[nH]c5ccccc5c4C3)nc(-c3cncc(F)c3)nc12. The molecule has 0 unspecified atom stereocenters. The van der Waals surface area contributed by atoms with Crippen molar-refractivity contribution < 1.29 is 9.13 Å². The maximum Gasteiger partial charge on any atom is 0.228 e. The highest BCUT2D eigenvalue weighted by atomic mass is 19.1. The number of ether oxygens (including phenoxy) is 1. The Morgan fingerprint density at radius 1 is 1.22 bits per heavy atom. The lowest BCUT2D eigenvalue weighted by Crippen LogP contribution is -2.29. The van der Waals surface area contributed by atoms with E-state index in [1.54, 1.807) is 17.8 Å². The lowest BCUT2D eigenvalue weighted by molar-refractivity contribution is 0.189. The highest BCUT2D eigenvalue weighted by molar-refractivity contribution is 5.85. The molecule has 5 aromatic rings. The second-order valence-electron chi connectivity index (χ2n) is 9.49. The van der Waals surface area contributed by atoms with Crippen LogP contribution in [-0.4, -0.2) is 49.3 Å². The molecule has 9 heteroatoms. The number of para-hydroxylation sites is 1. The van der Waals surface area contributed by atoms with E-state index >= 15 is 0 Å². The molecule has 0 spiro atoms. The van der Waals surface area contributed by atoms with Gasteiger partial charge in [0.15, 0.2) is 11.5 Å². The fourth-order valence-electron chi connectivity index (χ4n) is 5.12. The Hall–Kier alpha value is -3.85. The molecule has 184 valence electrons. The van der Waals surface area contributed by atoms with E-state index in [0.29, 0.717) is 29.6 Å². The second-order valence-corrected chi connectivity index (χ2v) is 9.49. The van der Waals surface area contributed by atoms with E-state index in [0.717, 1.165) is 31.2 Å². The zero-order valence-electron chi connectivity index (χ0n) is 20.3. The van der Waals surface area contributed by atoms with Gasteiger partial charge in [-0.2, -0.15) is 14.6 Å². The van der Waals surface area contributed by atoms with Gasteiger partial charge in [-0.25, -0.2) is 9.37 Å². The highest BCUT2D eigenvalue weighted by Crippen LogP contribution is 2.31. The van der Waals surface area contributed by atoms with E-state index in [9.17, 15) is 4.39 Å². The van der Waals surface area contributed by atoms with Crippen LogP contribution < -0.4 is 5.32 Å². The number of benzene rings is 1. The Morgan fingerprint density at radius 3 is 2.97 bits per heavy atom. The van der Waals surface area contributed by atoms with Crippen molar-refractivity contribution >= 4 is 22.5 Å². The molecule has 0 saturated carbocycles. The smallest absolute Gasteiger partial charge is 0.228 e. The maximum absolute atomic E-state index is 14.0. The van der Waals surface area contributed by atoms with Crippen molar-refractivity contribution in [2.75, 3.05) is 19.0 Å². The molecule has 1 aliphatic rings. The van der Waals surface area contributed by atoms with Gasteiger partial charge in [-0.05, 0) is 49.3 Å². The predicted octanol–water partition coefficient (Wildman–Crippen LogP) is 4.92. The summed E-state index contributed by atoms with van der Waals surface area (Å²) in [5, 5.41) is 9.55. The minimum absolute atomic E-state index is 0.173. The number of hydrogen-bond donors (Lipinski definition) is 2. The summed E-state index contributed by atoms with van der Waals surface area (Å²) < 4.78 is 21.0.